The van der Waals surface area contributed by atoms with Crippen LogP contribution in [0.3, 0.4) is 0 Å². The van der Waals surface area contributed by atoms with Crippen LogP contribution in [0.5, 0.6) is 11.5 Å². The van der Waals surface area contributed by atoms with E-state index in [2.05, 4.69) is 47.6 Å². The number of ether oxygens (including phenoxy) is 2. The Morgan fingerprint density at radius 1 is 1.00 bits per heavy atom. The van der Waals surface area contributed by atoms with Gasteiger partial charge < -0.3 is 9.47 Å². The molecule has 0 aliphatic carbocycles. The molecule has 0 saturated heterocycles. The summed E-state index contributed by atoms with van der Waals surface area (Å²) in [5.74, 6) is 1.47. The molecule has 0 bridgehead atoms. The van der Waals surface area contributed by atoms with Crippen LogP contribution in [0.2, 0.25) is 0 Å². The molecule has 0 atom stereocenters. The van der Waals surface area contributed by atoms with Crippen molar-refractivity contribution in [2.24, 2.45) is 0 Å². The first-order chi connectivity index (χ1) is 8.29. The summed E-state index contributed by atoms with van der Waals surface area (Å²) in [7, 11) is 0. The Bertz CT molecular complexity index is 343. The number of hydrogen-bond acceptors (Lipinski definition) is 2. The standard InChI is InChI=1S/C16H25O2/c1-7-15(3,4)17-13-11-9-10-12-14(13)18-16(5,6)8-2/h9-11H,7-8H2,1-6H3. The van der Waals surface area contributed by atoms with Gasteiger partial charge in [-0.05, 0) is 46.6 Å². The van der Waals surface area contributed by atoms with Crippen molar-refractivity contribution in [3.8, 4) is 11.5 Å². The predicted molar refractivity (Wildman–Crippen MR) is 75.3 cm³/mol. The Kier molecular flexibility index (Phi) is 4.66. The van der Waals surface area contributed by atoms with E-state index in [9.17, 15) is 0 Å². The molecule has 1 radical (unpaired) electrons. The fraction of sp³-hybridized carbons (Fsp3) is 0.625. The Labute approximate surface area is 111 Å². The molecule has 2 nitrogen and oxygen atoms in total. The lowest BCUT2D eigenvalue weighted by molar-refractivity contribution is 0.0726. The minimum absolute atomic E-state index is 0.191. The first kappa shape index (κ1) is 14.9. The predicted octanol–water partition coefficient (Wildman–Crippen LogP) is 4.62. The molecule has 0 N–H and O–H groups in total. The molecule has 1 aromatic rings. The lowest BCUT2D eigenvalue weighted by Crippen LogP contribution is -2.29. The number of para-hydroxylation sites is 1. The highest BCUT2D eigenvalue weighted by molar-refractivity contribution is 5.39. The second-order valence-corrected chi connectivity index (χ2v) is 5.79. The molecule has 0 amide bonds. The fourth-order valence-corrected chi connectivity index (χ4v) is 1.28. The Morgan fingerprint density at radius 3 is 2.11 bits per heavy atom. The van der Waals surface area contributed by atoms with Crippen LogP contribution in [0.1, 0.15) is 54.4 Å². The van der Waals surface area contributed by atoms with Crippen LogP contribution in [-0.4, -0.2) is 11.2 Å². The third-order valence-corrected chi connectivity index (χ3v) is 3.25. The summed E-state index contributed by atoms with van der Waals surface area (Å²) in [5, 5.41) is 0. The van der Waals surface area contributed by atoms with Crippen molar-refractivity contribution in [1.29, 1.82) is 0 Å². The highest BCUT2D eigenvalue weighted by Gasteiger charge is 2.22. The lowest BCUT2D eigenvalue weighted by atomic mass is 10.1. The molecule has 0 aliphatic rings. The molecule has 0 saturated carbocycles. The zero-order valence-electron chi connectivity index (χ0n) is 12.5. The van der Waals surface area contributed by atoms with Gasteiger partial charge in [0.2, 0.25) is 0 Å². The highest BCUT2D eigenvalue weighted by Crippen LogP contribution is 2.33. The lowest BCUT2D eigenvalue weighted by Gasteiger charge is -2.29. The van der Waals surface area contributed by atoms with Gasteiger partial charge in [0, 0.05) is 6.07 Å². The molecule has 0 aromatic heterocycles. The normalized spacial score (nSPS) is 12.3. The maximum Gasteiger partial charge on any atom is 0.169 e. The zero-order valence-corrected chi connectivity index (χ0v) is 12.5. The third-order valence-electron chi connectivity index (χ3n) is 3.25. The molecule has 0 spiro atoms. The molecule has 0 fully saturated rings. The van der Waals surface area contributed by atoms with E-state index in [0.29, 0.717) is 5.75 Å². The monoisotopic (exact) mass is 249 g/mol. The van der Waals surface area contributed by atoms with Crippen LogP contribution in [0.15, 0.2) is 18.2 Å². The number of rotatable bonds is 6. The molecule has 2 heteroatoms. The molecule has 0 unspecified atom stereocenters. The van der Waals surface area contributed by atoms with Gasteiger partial charge in [-0.3, -0.25) is 0 Å². The quantitative estimate of drug-likeness (QED) is 0.732. The second kappa shape index (κ2) is 5.64. The van der Waals surface area contributed by atoms with E-state index >= 15 is 0 Å². The minimum Gasteiger partial charge on any atom is -0.484 e. The van der Waals surface area contributed by atoms with Gasteiger partial charge in [0.15, 0.2) is 11.5 Å². The molecule has 101 valence electrons. The summed E-state index contributed by atoms with van der Waals surface area (Å²) in [6.07, 6.45) is 1.88. The van der Waals surface area contributed by atoms with Crippen LogP contribution in [0.25, 0.3) is 0 Å². The van der Waals surface area contributed by atoms with Crippen molar-refractivity contribution in [3.63, 3.8) is 0 Å². The topological polar surface area (TPSA) is 18.5 Å². The molecular formula is C16H25O2. The zero-order chi connectivity index (χ0) is 13.8. The van der Waals surface area contributed by atoms with E-state index < -0.39 is 0 Å². The van der Waals surface area contributed by atoms with Crippen LogP contribution < -0.4 is 9.47 Å². The average molecular weight is 249 g/mol. The second-order valence-electron chi connectivity index (χ2n) is 5.79. The van der Waals surface area contributed by atoms with Gasteiger partial charge in [-0.25, -0.2) is 0 Å². The van der Waals surface area contributed by atoms with E-state index in [-0.39, 0.29) is 11.2 Å². The van der Waals surface area contributed by atoms with E-state index in [1.165, 1.54) is 0 Å². The van der Waals surface area contributed by atoms with Crippen LogP contribution in [0, 0.1) is 6.07 Å². The number of benzene rings is 1. The summed E-state index contributed by atoms with van der Waals surface area (Å²) in [5.41, 5.74) is -0.393. The van der Waals surface area contributed by atoms with E-state index in [4.69, 9.17) is 9.47 Å². The Morgan fingerprint density at radius 2 is 1.56 bits per heavy atom. The average Bonchev–Trinajstić information content (AvgIpc) is 2.31. The van der Waals surface area contributed by atoms with Crippen LogP contribution >= 0.6 is 0 Å². The van der Waals surface area contributed by atoms with Crippen molar-refractivity contribution in [2.45, 2.75) is 65.6 Å². The van der Waals surface area contributed by atoms with Gasteiger partial charge in [-0.15, -0.1) is 0 Å². The Balaban J connectivity index is 2.93. The van der Waals surface area contributed by atoms with Crippen molar-refractivity contribution in [2.75, 3.05) is 0 Å². The molecule has 0 aliphatic heterocycles. The van der Waals surface area contributed by atoms with Gasteiger partial charge in [-0.1, -0.05) is 26.0 Å². The molecule has 0 heterocycles. The summed E-state index contributed by atoms with van der Waals surface area (Å²) in [4.78, 5) is 0. The van der Waals surface area contributed by atoms with Gasteiger partial charge in [0.05, 0.1) is 0 Å². The van der Waals surface area contributed by atoms with Crippen molar-refractivity contribution in [3.05, 3.63) is 24.3 Å². The summed E-state index contributed by atoms with van der Waals surface area (Å²) < 4.78 is 12.0. The Hall–Kier alpha value is -1.18. The smallest absolute Gasteiger partial charge is 0.169 e. The van der Waals surface area contributed by atoms with Crippen LogP contribution in [-0.2, 0) is 0 Å². The molecule has 1 rings (SSSR count). The first-order valence-corrected chi connectivity index (χ1v) is 6.68. The van der Waals surface area contributed by atoms with Crippen molar-refractivity contribution >= 4 is 0 Å². The van der Waals surface area contributed by atoms with E-state index in [1.54, 1.807) is 0 Å². The van der Waals surface area contributed by atoms with Gasteiger partial charge in [0.1, 0.15) is 11.2 Å². The largest absolute Gasteiger partial charge is 0.484 e. The molecular weight excluding hydrogens is 224 g/mol. The van der Waals surface area contributed by atoms with E-state index in [0.717, 1.165) is 18.6 Å². The van der Waals surface area contributed by atoms with Crippen molar-refractivity contribution in [1.82, 2.24) is 0 Å². The minimum atomic E-state index is -0.202. The van der Waals surface area contributed by atoms with Gasteiger partial charge >= 0.3 is 0 Å². The fourth-order valence-electron chi connectivity index (χ4n) is 1.28. The third kappa shape index (κ3) is 4.25. The first-order valence-electron chi connectivity index (χ1n) is 6.68. The van der Waals surface area contributed by atoms with Crippen molar-refractivity contribution < 1.29 is 9.47 Å². The van der Waals surface area contributed by atoms with Gasteiger partial charge in [-0.2, -0.15) is 0 Å². The molecule has 1 aromatic carbocycles. The maximum atomic E-state index is 6.02. The highest BCUT2D eigenvalue weighted by atomic mass is 16.5. The summed E-state index contributed by atoms with van der Waals surface area (Å²) >= 11 is 0. The molecule has 18 heavy (non-hydrogen) atoms. The maximum absolute atomic E-state index is 6.02. The van der Waals surface area contributed by atoms with Gasteiger partial charge in [0.25, 0.3) is 0 Å². The van der Waals surface area contributed by atoms with Crippen LogP contribution in [0.4, 0.5) is 0 Å². The SMILES string of the molecule is CCC(C)(C)Oc1[c]cccc1OC(C)(C)CC. The van der Waals surface area contributed by atoms with E-state index in [1.807, 2.05) is 18.2 Å². The number of hydrogen-bond donors (Lipinski definition) is 0. The summed E-state index contributed by atoms with van der Waals surface area (Å²) in [6, 6.07) is 8.84. The summed E-state index contributed by atoms with van der Waals surface area (Å²) in [6.45, 7) is 12.5.